The summed E-state index contributed by atoms with van der Waals surface area (Å²) in [5, 5.41) is 0.620. The van der Waals surface area contributed by atoms with Crippen molar-refractivity contribution in [3.8, 4) is 5.75 Å². The van der Waals surface area contributed by atoms with Gasteiger partial charge in [-0.2, -0.15) is 0 Å². The second kappa shape index (κ2) is 9.52. The highest BCUT2D eigenvalue weighted by Crippen LogP contribution is 2.23. The van der Waals surface area contributed by atoms with Crippen LogP contribution in [0.15, 0.2) is 63.1 Å². The van der Waals surface area contributed by atoms with Gasteiger partial charge in [0.15, 0.2) is 5.16 Å². The van der Waals surface area contributed by atoms with E-state index in [0.29, 0.717) is 23.1 Å². The van der Waals surface area contributed by atoms with Gasteiger partial charge in [0, 0.05) is 17.5 Å². The van der Waals surface area contributed by atoms with Crippen LogP contribution in [0.3, 0.4) is 0 Å². The van der Waals surface area contributed by atoms with Crippen LogP contribution in [-0.4, -0.2) is 15.9 Å². The largest absolute Gasteiger partial charge is 0.464 e. The lowest BCUT2D eigenvalue weighted by Crippen LogP contribution is -2.21. The summed E-state index contributed by atoms with van der Waals surface area (Å²) in [7, 11) is 0. The van der Waals surface area contributed by atoms with Crippen LogP contribution in [0.2, 0.25) is 0 Å². The molecule has 0 N–H and O–H groups in total. The van der Waals surface area contributed by atoms with Crippen molar-refractivity contribution in [2.24, 2.45) is 0 Å². The molecule has 1 atom stereocenters. The van der Waals surface area contributed by atoms with Crippen molar-refractivity contribution < 1.29 is 13.9 Å². The number of aryl methyl sites for hydroxylation is 2. The van der Waals surface area contributed by atoms with Gasteiger partial charge in [0.05, 0.1) is 11.7 Å². The summed E-state index contributed by atoms with van der Waals surface area (Å²) >= 11 is 1.37. The molecule has 0 saturated heterocycles. The van der Waals surface area contributed by atoms with Crippen molar-refractivity contribution in [3.63, 3.8) is 0 Å². The first-order chi connectivity index (χ1) is 14.0. The smallest absolute Gasteiger partial charge is 0.319 e. The zero-order chi connectivity index (χ0) is 20.8. The van der Waals surface area contributed by atoms with Crippen LogP contribution >= 0.6 is 11.8 Å². The second-order valence-electron chi connectivity index (χ2n) is 6.59. The Kier molecular flexibility index (Phi) is 6.82. The van der Waals surface area contributed by atoms with Crippen molar-refractivity contribution in [1.82, 2.24) is 9.97 Å². The fourth-order valence-corrected chi connectivity index (χ4v) is 3.73. The molecule has 7 heteroatoms. The Morgan fingerprint density at radius 1 is 1.14 bits per heavy atom. The number of carbonyl (C=O) groups excluding carboxylic acids is 1. The molecular weight excluding hydrogens is 388 g/mol. The van der Waals surface area contributed by atoms with E-state index in [-0.39, 0.29) is 5.75 Å². The first kappa shape index (κ1) is 20.8. The monoisotopic (exact) mass is 410 g/mol. The molecule has 1 aromatic carbocycles. The Morgan fingerprint density at radius 3 is 2.45 bits per heavy atom. The molecule has 0 aliphatic carbocycles. The molecule has 3 aromatic rings. The van der Waals surface area contributed by atoms with Crippen LogP contribution in [-0.2, 0) is 10.5 Å². The van der Waals surface area contributed by atoms with Crippen LogP contribution in [0.25, 0.3) is 0 Å². The molecule has 2 heterocycles. The maximum absolute atomic E-state index is 12.5. The summed E-state index contributed by atoms with van der Waals surface area (Å²) in [5.41, 5.74) is 2.22. The maximum Gasteiger partial charge on any atom is 0.319 e. The number of nitrogens with zero attached hydrogens (tertiary/aromatic N) is 2. The standard InChI is InChI=1S/C22H22N2O4S/c1-4-18(16-8-6-5-7-9-16)21(26)28-20-12-27-17(11-19(20)25)13-29-22-23-14(2)10-15(3)24-22/h5-12,18H,4,13H2,1-3H3/t18-/m1/s1. The summed E-state index contributed by atoms with van der Waals surface area (Å²) in [6.07, 6.45) is 1.76. The van der Waals surface area contributed by atoms with Gasteiger partial charge in [0.1, 0.15) is 12.0 Å². The van der Waals surface area contributed by atoms with E-state index < -0.39 is 17.3 Å². The van der Waals surface area contributed by atoms with E-state index in [9.17, 15) is 9.59 Å². The van der Waals surface area contributed by atoms with E-state index in [4.69, 9.17) is 9.15 Å². The molecule has 0 fully saturated rings. The van der Waals surface area contributed by atoms with E-state index in [2.05, 4.69) is 9.97 Å². The lowest BCUT2D eigenvalue weighted by Gasteiger charge is -2.13. The molecule has 0 spiro atoms. The summed E-state index contributed by atoms with van der Waals surface area (Å²) in [6, 6.07) is 12.6. The van der Waals surface area contributed by atoms with E-state index in [1.165, 1.54) is 24.1 Å². The van der Waals surface area contributed by atoms with Gasteiger partial charge in [-0.1, -0.05) is 49.0 Å². The van der Waals surface area contributed by atoms with Gasteiger partial charge in [-0.05, 0) is 31.9 Å². The van der Waals surface area contributed by atoms with Crippen LogP contribution < -0.4 is 10.2 Å². The Balaban J connectivity index is 1.67. The summed E-state index contributed by atoms with van der Waals surface area (Å²) in [6.45, 7) is 5.71. The number of rotatable bonds is 7. The molecule has 0 aliphatic heterocycles. The van der Waals surface area contributed by atoms with Gasteiger partial charge in [0.25, 0.3) is 0 Å². The summed E-state index contributed by atoms with van der Waals surface area (Å²) in [5.74, 6) is -0.170. The van der Waals surface area contributed by atoms with Crippen molar-refractivity contribution in [1.29, 1.82) is 0 Å². The van der Waals surface area contributed by atoms with Gasteiger partial charge in [0.2, 0.25) is 11.2 Å². The topological polar surface area (TPSA) is 82.3 Å². The average Bonchev–Trinajstić information content (AvgIpc) is 2.69. The van der Waals surface area contributed by atoms with E-state index in [0.717, 1.165) is 17.0 Å². The van der Waals surface area contributed by atoms with Crippen LogP contribution in [0, 0.1) is 13.8 Å². The van der Waals surface area contributed by atoms with Gasteiger partial charge in [-0.25, -0.2) is 9.97 Å². The predicted molar refractivity (Wildman–Crippen MR) is 111 cm³/mol. The molecule has 6 nitrogen and oxygen atoms in total. The first-order valence-corrected chi connectivity index (χ1v) is 10.3. The zero-order valence-corrected chi connectivity index (χ0v) is 17.4. The molecule has 150 valence electrons. The molecule has 0 aliphatic rings. The molecular formula is C22H22N2O4S. The molecule has 0 radical (unpaired) electrons. The molecule has 0 amide bonds. The third kappa shape index (κ3) is 5.54. The minimum Gasteiger partial charge on any atom is -0.464 e. The van der Waals surface area contributed by atoms with Crippen molar-refractivity contribution in [2.75, 3.05) is 0 Å². The average molecular weight is 410 g/mol. The number of esters is 1. The molecule has 29 heavy (non-hydrogen) atoms. The van der Waals surface area contributed by atoms with Gasteiger partial charge in [-0.15, -0.1) is 0 Å². The number of benzene rings is 1. The van der Waals surface area contributed by atoms with Crippen molar-refractivity contribution in [3.05, 3.63) is 81.7 Å². The van der Waals surface area contributed by atoms with Crippen LogP contribution in [0.1, 0.15) is 42.0 Å². The van der Waals surface area contributed by atoms with Gasteiger partial charge < -0.3 is 9.15 Å². The SMILES string of the molecule is CC[C@@H](C(=O)Oc1coc(CSc2nc(C)cc(C)n2)cc1=O)c1ccccc1. The highest BCUT2D eigenvalue weighted by atomic mass is 32.2. The third-order valence-corrected chi connectivity index (χ3v) is 5.13. The molecule has 0 saturated carbocycles. The number of hydrogen-bond donors (Lipinski definition) is 0. The van der Waals surface area contributed by atoms with Crippen molar-refractivity contribution >= 4 is 17.7 Å². The van der Waals surface area contributed by atoms with Crippen LogP contribution in [0.4, 0.5) is 0 Å². The second-order valence-corrected chi connectivity index (χ2v) is 7.53. The minimum absolute atomic E-state index is 0.110. The Hall–Kier alpha value is -2.93. The number of ether oxygens (including phenoxy) is 1. The number of thioether (sulfide) groups is 1. The van der Waals surface area contributed by atoms with Gasteiger partial charge >= 0.3 is 5.97 Å². The quantitative estimate of drug-likeness (QED) is 0.323. The molecule has 0 bridgehead atoms. The lowest BCUT2D eigenvalue weighted by atomic mass is 9.97. The number of hydrogen-bond acceptors (Lipinski definition) is 7. The van der Waals surface area contributed by atoms with Crippen molar-refractivity contribution in [2.45, 2.75) is 44.0 Å². The number of aromatic nitrogens is 2. The first-order valence-electron chi connectivity index (χ1n) is 9.29. The summed E-state index contributed by atoms with van der Waals surface area (Å²) < 4.78 is 10.8. The van der Waals surface area contributed by atoms with E-state index in [1.54, 1.807) is 0 Å². The predicted octanol–water partition coefficient (Wildman–Crippen LogP) is 4.44. The normalized spacial score (nSPS) is 11.8. The zero-order valence-electron chi connectivity index (χ0n) is 16.5. The van der Waals surface area contributed by atoms with E-state index in [1.807, 2.05) is 57.2 Å². The highest BCUT2D eigenvalue weighted by molar-refractivity contribution is 7.98. The molecule has 0 unspecified atom stereocenters. The Bertz CT molecular complexity index is 1030. The Morgan fingerprint density at radius 2 is 1.83 bits per heavy atom. The minimum atomic E-state index is -0.475. The fraction of sp³-hybridized carbons (Fsp3) is 0.273. The van der Waals surface area contributed by atoms with Gasteiger partial charge in [-0.3, -0.25) is 9.59 Å². The molecule has 3 rings (SSSR count). The number of carbonyl (C=O) groups is 1. The summed E-state index contributed by atoms with van der Waals surface area (Å²) in [4.78, 5) is 33.6. The van der Waals surface area contributed by atoms with E-state index >= 15 is 0 Å². The third-order valence-electron chi connectivity index (χ3n) is 4.26. The molecule has 2 aromatic heterocycles. The lowest BCUT2D eigenvalue weighted by molar-refractivity contribution is -0.136. The fourth-order valence-electron chi connectivity index (χ4n) is 2.89. The Labute approximate surface area is 173 Å². The van der Waals surface area contributed by atoms with Crippen LogP contribution in [0.5, 0.6) is 5.75 Å². The maximum atomic E-state index is 12.5. The highest BCUT2D eigenvalue weighted by Gasteiger charge is 2.22.